The first-order chi connectivity index (χ1) is 6.18. The van der Waals surface area contributed by atoms with Gasteiger partial charge in [-0.25, -0.2) is 0 Å². The number of nitrogens with one attached hydrogen (secondary N) is 1. The molecule has 2 rings (SSSR count). The maximum atomic E-state index is 3.52. The van der Waals surface area contributed by atoms with E-state index in [1.54, 1.807) is 0 Å². The van der Waals surface area contributed by atoms with Crippen LogP contribution in [0.4, 0.5) is 0 Å². The predicted molar refractivity (Wildman–Crippen MR) is 58.9 cm³/mol. The van der Waals surface area contributed by atoms with Crippen molar-refractivity contribution in [2.24, 2.45) is 0 Å². The maximum Gasteiger partial charge on any atom is 0.0436 e. The Hall–Kier alpha value is -0.340. The van der Waals surface area contributed by atoms with Crippen LogP contribution >= 0.6 is 15.9 Å². The summed E-state index contributed by atoms with van der Waals surface area (Å²) in [6.45, 7) is 2.18. The Morgan fingerprint density at radius 3 is 2.62 bits per heavy atom. The van der Waals surface area contributed by atoms with Crippen molar-refractivity contribution in [1.29, 1.82) is 0 Å². The summed E-state index contributed by atoms with van der Waals surface area (Å²) in [6, 6.07) is 6.51. The zero-order valence-electron chi connectivity index (χ0n) is 8.02. The van der Waals surface area contributed by atoms with E-state index in [1.807, 2.05) is 7.05 Å². The maximum absolute atomic E-state index is 3.52. The summed E-state index contributed by atoms with van der Waals surface area (Å²) >= 11 is 3.52. The average Bonchev–Trinajstić information content (AvgIpc) is 2.90. The molecular weight excluding hydrogens is 226 g/mol. The lowest BCUT2D eigenvalue weighted by Crippen LogP contribution is -2.25. The molecule has 2 heteroatoms. The number of benzene rings is 1. The van der Waals surface area contributed by atoms with Crippen molar-refractivity contribution in [3.05, 3.63) is 33.8 Å². The normalized spacial score (nSPS) is 18.7. The van der Waals surface area contributed by atoms with Crippen LogP contribution in [0, 0.1) is 6.92 Å². The van der Waals surface area contributed by atoms with E-state index < -0.39 is 0 Å². The summed E-state index contributed by atoms with van der Waals surface area (Å²) < 4.78 is 1.18. The fraction of sp³-hybridized carbons (Fsp3) is 0.455. The van der Waals surface area contributed by atoms with Crippen molar-refractivity contribution in [3.63, 3.8) is 0 Å². The standard InChI is InChI=1S/C11H14BrN/c1-8-3-4-9(12)7-10(8)11(13-2)5-6-11/h3-4,7,13H,5-6H2,1-2H3. The Morgan fingerprint density at radius 1 is 1.38 bits per heavy atom. The van der Waals surface area contributed by atoms with Crippen molar-refractivity contribution in [2.45, 2.75) is 25.3 Å². The van der Waals surface area contributed by atoms with Gasteiger partial charge in [0.1, 0.15) is 0 Å². The molecule has 0 aromatic heterocycles. The van der Waals surface area contributed by atoms with E-state index in [9.17, 15) is 0 Å². The molecule has 0 unspecified atom stereocenters. The summed E-state index contributed by atoms with van der Waals surface area (Å²) in [5.74, 6) is 0. The molecule has 0 amide bonds. The van der Waals surface area contributed by atoms with Gasteiger partial charge in [-0.3, -0.25) is 0 Å². The van der Waals surface area contributed by atoms with Crippen LogP contribution in [0.25, 0.3) is 0 Å². The van der Waals surface area contributed by atoms with Gasteiger partial charge in [0.2, 0.25) is 0 Å². The van der Waals surface area contributed by atoms with E-state index in [0.717, 1.165) is 0 Å². The van der Waals surface area contributed by atoms with Crippen LogP contribution in [0.1, 0.15) is 24.0 Å². The summed E-state index contributed by atoms with van der Waals surface area (Å²) in [5.41, 5.74) is 3.12. The van der Waals surface area contributed by atoms with Gasteiger partial charge in [0, 0.05) is 10.0 Å². The topological polar surface area (TPSA) is 12.0 Å². The predicted octanol–water partition coefficient (Wildman–Crippen LogP) is 2.97. The summed E-state index contributed by atoms with van der Waals surface area (Å²) in [4.78, 5) is 0. The molecule has 0 radical (unpaired) electrons. The van der Waals surface area contributed by atoms with E-state index in [4.69, 9.17) is 0 Å². The second kappa shape index (κ2) is 3.10. The van der Waals surface area contributed by atoms with Gasteiger partial charge in [-0.1, -0.05) is 22.0 Å². The Morgan fingerprint density at radius 2 is 2.08 bits per heavy atom. The molecule has 0 spiro atoms. The molecule has 1 aromatic carbocycles. The smallest absolute Gasteiger partial charge is 0.0436 e. The molecule has 1 aliphatic carbocycles. The van der Waals surface area contributed by atoms with Gasteiger partial charge < -0.3 is 5.32 Å². The fourth-order valence-corrected chi connectivity index (χ4v) is 2.25. The number of rotatable bonds is 2. The average molecular weight is 240 g/mol. The second-order valence-corrected chi connectivity index (χ2v) is 4.71. The van der Waals surface area contributed by atoms with Crippen LogP contribution in [0.3, 0.4) is 0 Å². The van der Waals surface area contributed by atoms with Crippen LogP contribution < -0.4 is 5.32 Å². The van der Waals surface area contributed by atoms with Crippen molar-refractivity contribution in [3.8, 4) is 0 Å². The number of hydrogen-bond acceptors (Lipinski definition) is 1. The quantitative estimate of drug-likeness (QED) is 0.837. The van der Waals surface area contributed by atoms with Crippen LogP contribution in [0.15, 0.2) is 22.7 Å². The molecule has 0 aliphatic heterocycles. The SMILES string of the molecule is CNC1(c2cc(Br)ccc2C)CC1. The molecule has 0 saturated heterocycles. The van der Waals surface area contributed by atoms with Gasteiger partial charge in [-0.05, 0) is 50.1 Å². The molecular formula is C11H14BrN. The van der Waals surface area contributed by atoms with E-state index in [0.29, 0.717) is 0 Å². The lowest BCUT2D eigenvalue weighted by atomic mass is 10.00. The molecule has 1 saturated carbocycles. The minimum absolute atomic E-state index is 0.286. The van der Waals surface area contributed by atoms with Gasteiger partial charge in [-0.15, -0.1) is 0 Å². The van der Waals surface area contributed by atoms with Crippen molar-refractivity contribution in [1.82, 2.24) is 5.32 Å². The summed E-state index contributed by atoms with van der Waals surface area (Å²) in [6.07, 6.45) is 2.53. The Balaban J connectivity index is 2.44. The van der Waals surface area contributed by atoms with Crippen LogP contribution in [-0.4, -0.2) is 7.05 Å². The Labute approximate surface area is 87.7 Å². The molecule has 1 aliphatic rings. The third-order valence-corrected chi connectivity index (χ3v) is 3.44. The van der Waals surface area contributed by atoms with Crippen molar-refractivity contribution >= 4 is 15.9 Å². The molecule has 1 fully saturated rings. The summed E-state index contributed by atoms with van der Waals surface area (Å²) in [7, 11) is 2.05. The highest BCUT2D eigenvalue weighted by molar-refractivity contribution is 9.10. The highest BCUT2D eigenvalue weighted by Gasteiger charge is 2.43. The molecule has 0 heterocycles. The molecule has 1 nitrogen and oxygen atoms in total. The molecule has 13 heavy (non-hydrogen) atoms. The molecule has 1 aromatic rings. The highest BCUT2D eigenvalue weighted by atomic mass is 79.9. The number of hydrogen-bond donors (Lipinski definition) is 1. The summed E-state index contributed by atoms with van der Waals surface area (Å²) in [5, 5.41) is 3.42. The highest BCUT2D eigenvalue weighted by Crippen LogP contribution is 2.46. The number of halogens is 1. The van der Waals surface area contributed by atoms with Crippen molar-refractivity contribution in [2.75, 3.05) is 7.05 Å². The van der Waals surface area contributed by atoms with E-state index >= 15 is 0 Å². The zero-order valence-corrected chi connectivity index (χ0v) is 9.61. The molecule has 70 valence electrons. The van der Waals surface area contributed by atoms with Gasteiger partial charge in [0.25, 0.3) is 0 Å². The first-order valence-corrected chi connectivity index (χ1v) is 5.43. The third-order valence-electron chi connectivity index (χ3n) is 2.94. The van der Waals surface area contributed by atoms with Gasteiger partial charge in [0.15, 0.2) is 0 Å². The van der Waals surface area contributed by atoms with E-state index in [-0.39, 0.29) is 5.54 Å². The Bertz CT molecular complexity index is 329. The van der Waals surface area contributed by atoms with Crippen LogP contribution in [0.5, 0.6) is 0 Å². The van der Waals surface area contributed by atoms with Crippen LogP contribution in [-0.2, 0) is 5.54 Å². The molecule has 0 atom stereocenters. The fourth-order valence-electron chi connectivity index (χ4n) is 1.89. The monoisotopic (exact) mass is 239 g/mol. The third kappa shape index (κ3) is 1.53. The molecule has 0 bridgehead atoms. The zero-order chi connectivity index (χ0) is 9.47. The first-order valence-electron chi connectivity index (χ1n) is 4.63. The second-order valence-electron chi connectivity index (χ2n) is 3.79. The lowest BCUT2D eigenvalue weighted by Gasteiger charge is -2.17. The van der Waals surface area contributed by atoms with Crippen molar-refractivity contribution < 1.29 is 0 Å². The number of aryl methyl sites for hydroxylation is 1. The van der Waals surface area contributed by atoms with E-state index in [2.05, 4.69) is 46.4 Å². The minimum atomic E-state index is 0.286. The Kier molecular flexibility index (Phi) is 2.20. The molecule has 1 N–H and O–H groups in total. The van der Waals surface area contributed by atoms with Crippen LogP contribution in [0.2, 0.25) is 0 Å². The largest absolute Gasteiger partial charge is 0.310 e. The lowest BCUT2D eigenvalue weighted by molar-refractivity contribution is 0.582. The van der Waals surface area contributed by atoms with Gasteiger partial charge in [0.05, 0.1) is 0 Å². The van der Waals surface area contributed by atoms with Gasteiger partial charge in [-0.2, -0.15) is 0 Å². The van der Waals surface area contributed by atoms with E-state index in [1.165, 1.54) is 28.4 Å². The first kappa shape index (κ1) is 9.22. The van der Waals surface area contributed by atoms with Gasteiger partial charge >= 0.3 is 0 Å². The minimum Gasteiger partial charge on any atom is -0.310 e.